The monoisotopic (exact) mass is 498 g/mol. The zero-order valence-corrected chi connectivity index (χ0v) is 19.8. The molecule has 0 aromatic heterocycles. The van der Waals surface area contributed by atoms with Gasteiger partial charge in [0.05, 0.1) is 10.6 Å². The van der Waals surface area contributed by atoms with E-state index in [1.165, 1.54) is 4.31 Å². The number of cyclic esters (lactones) is 1. The van der Waals surface area contributed by atoms with Crippen LogP contribution >= 0.6 is 11.6 Å². The number of nitrogens with zero attached hydrogens (tertiary/aromatic N) is 2. The van der Waals surface area contributed by atoms with Crippen molar-refractivity contribution in [3.05, 3.63) is 83.4 Å². The van der Waals surface area contributed by atoms with Gasteiger partial charge in [-0.25, -0.2) is 13.2 Å². The van der Waals surface area contributed by atoms with E-state index in [9.17, 15) is 13.2 Å². The molecule has 1 amide bonds. The summed E-state index contributed by atoms with van der Waals surface area (Å²) in [4.78, 5) is 14.4. The molecular weight excluding hydrogens is 476 g/mol. The Kier molecular flexibility index (Phi) is 6.20. The summed E-state index contributed by atoms with van der Waals surface area (Å²) in [6.45, 7) is 0.798. The van der Waals surface area contributed by atoms with Gasteiger partial charge < -0.3 is 9.47 Å². The van der Waals surface area contributed by atoms with Gasteiger partial charge in [-0.05, 0) is 67.4 Å². The van der Waals surface area contributed by atoms with Crippen LogP contribution in [0, 0.1) is 0 Å². The van der Waals surface area contributed by atoms with Crippen molar-refractivity contribution in [1.82, 2.24) is 4.31 Å². The Labute approximate surface area is 203 Å². The summed E-state index contributed by atoms with van der Waals surface area (Å²) in [7, 11) is -3.66. The van der Waals surface area contributed by atoms with E-state index in [4.69, 9.17) is 21.1 Å². The number of fused-ring (bicyclic) bond motifs is 1. The van der Waals surface area contributed by atoms with Crippen LogP contribution in [0.3, 0.4) is 0 Å². The van der Waals surface area contributed by atoms with Crippen LogP contribution in [0.5, 0.6) is 11.5 Å². The number of carbonyl (C=O) groups is 1. The number of sulfonamides is 1. The van der Waals surface area contributed by atoms with E-state index in [0.717, 1.165) is 11.3 Å². The van der Waals surface area contributed by atoms with Crippen LogP contribution in [-0.2, 0) is 21.4 Å². The second-order valence-corrected chi connectivity index (χ2v) is 10.6. The fourth-order valence-corrected chi connectivity index (χ4v) is 6.02. The number of amides is 1. The molecule has 0 bridgehead atoms. The molecule has 9 heteroatoms. The van der Waals surface area contributed by atoms with Crippen LogP contribution in [0.25, 0.3) is 0 Å². The number of ether oxygens (including phenoxy) is 2. The van der Waals surface area contributed by atoms with Gasteiger partial charge in [0.25, 0.3) is 0 Å². The van der Waals surface area contributed by atoms with Crippen molar-refractivity contribution in [2.24, 2.45) is 0 Å². The van der Waals surface area contributed by atoms with Gasteiger partial charge in [0.15, 0.2) is 0 Å². The first kappa shape index (κ1) is 22.7. The predicted molar refractivity (Wildman–Crippen MR) is 129 cm³/mol. The van der Waals surface area contributed by atoms with Gasteiger partial charge in [0, 0.05) is 29.7 Å². The van der Waals surface area contributed by atoms with Crippen LogP contribution in [0.2, 0.25) is 5.02 Å². The number of rotatable bonds is 5. The standard InChI is InChI=1S/C25H23ClN2O5S/c26-19-6-11-24-18(16-19)17-32-25(29)28(24)20-12-14-27(15-13-20)34(30,31)23-9-7-22(8-10-23)33-21-4-2-1-3-5-21/h1-11,16,20H,12-15,17H2. The lowest BCUT2D eigenvalue weighted by Gasteiger charge is -2.39. The Bertz CT molecular complexity index is 1290. The second-order valence-electron chi connectivity index (χ2n) is 8.22. The lowest BCUT2D eigenvalue weighted by Crippen LogP contribution is -2.50. The first-order valence-corrected chi connectivity index (χ1v) is 12.8. The Morgan fingerprint density at radius 1 is 0.912 bits per heavy atom. The van der Waals surface area contributed by atoms with Crippen LogP contribution in [0.4, 0.5) is 10.5 Å². The summed E-state index contributed by atoms with van der Waals surface area (Å²) in [6, 6.07) is 20.9. The van der Waals surface area contributed by atoms with Gasteiger partial charge in [-0.3, -0.25) is 4.90 Å². The molecule has 3 aromatic rings. The third kappa shape index (κ3) is 4.49. The van der Waals surface area contributed by atoms with Crippen molar-refractivity contribution in [3.8, 4) is 11.5 Å². The predicted octanol–water partition coefficient (Wildman–Crippen LogP) is 5.44. The number of para-hydroxylation sites is 1. The minimum Gasteiger partial charge on any atom is -0.457 e. The SMILES string of the molecule is O=C1OCc2cc(Cl)ccc2N1C1CCN(S(=O)(=O)c2ccc(Oc3ccccc3)cc2)CC1. The maximum absolute atomic E-state index is 13.2. The van der Waals surface area contributed by atoms with Crippen molar-refractivity contribution in [3.63, 3.8) is 0 Å². The van der Waals surface area contributed by atoms with Gasteiger partial charge in [0.2, 0.25) is 10.0 Å². The van der Waals surface area contributed by atoms with Crippen molar-refractivity contribution >= 4 is 33.4 Å². The molecule has 1 saturated heterocycles. The Morgan fingerprint density at radius 2 is 1.59 bits per heavy atom. The van der Waals surface area contributed by atoms with E-state index in [1.807, 2.05) is 36.4 Å². The second kappa shape index (κ2) is 9.29. The largest absolute Gasteiger partial charge is 0.457 e. The van der Waals surface area contributed by atoms with E-state index < -0.39 is 16.1 Å². The maximum Gasteiger partial charge on any atom is 0.414 e. The minimum atomic E-state index is -3.66. The van der Waals surface area contributed by atoms with Gasteiger partial charge in [-0.2, -0.15) is 4.31 Å². The molecule has 34 heavy (non-hydrogen) atoms. The summed E-state index contributed by atoms with van der Waals surface area (Å²) >= 11 is 6.08. The number of carbonyl (C=O) groups excluding carboxylic acids is 1. The highest BCUT2D eigenvalue weighted by molar-refractivity contribution is 7.89. The number of benzene rings is 3. The summed E-state index contributed by atoms with van der Waals surface area (Å²) in [6.07, 6.45) is 0.599. The molecule has 1 fully saturated rings. The van der Waals surface area contributed by atoms with Crippen molar-refractivity contribution < 1.29 is 22.7 Å². The minimum absolute atomic E-state index is 0.152. The Balaban J connectivity index is 1.27. The molecule has 7 nitrogen and oxygen atoms in total. The van der Waals surface area contributed by atoms with Crippen LogP contribution in [0.1, 0.15) is 18.4 Å². The van der Waals surface area contributed by atoms with E-state index >= 15 is 0 Å². The Hall–Kier alpha value is -3.07. The highest BCUT2D eigenvalue weighted by Gasteiger charge is 2.37. The van der Waals surface area contributed by atoms with E-state index in [2.05, 4.69) is 0 Å². The average Bonchev–Trinajstić information content (AvgIpc) is 2.85. The molecule has 0 aliphatic carbocycles. The first-order valence-electron chi connectivity index (χ1n) is 11.0. The van der Waals surface area contributed by atoms with E-state index in [-0.39, 0.29) is 17.5 Å². The lowest BCUT2D eigenvalue weighted by atomic mass is 10.0. The molecule has 0 radical (unpaired) electrons. The maximum atomic E-state index is 13.2. The molecule has 2 aliphatic heterocycles. The summed E-state index contributed by atoms with van der Waals surface area (Å²) in [5.41, 5.74) is 1.62. The smallest absolute Gasteiger partial charge is 0.414 e. The number of piperidine rings is 1. The van der Waals surface area contributed by atoms with Crippen molar-refractivity contribution in [1.29, 1.82) is 0 Å². The summed E-state index contributed by atoms with van der Waals surface area (Å²) in [5, 5.41) is 0.581. The zero-order chi connectivity index (χ0) is 23.7. The van der Waals surface area contributed by atoms with Crippen LogP contribution < -0.4 is 9.64 Å². The summed E-state index contributed by atoms with van der Waals surface area (Å²) < 4.78 is 39.0. The van der Waals surface area contributed by atoms with Crippen molar-refractivity contribution in [2.75, 3.05) is 18.0 Å². The van der Waals surface area contributed by atoms with Gasteiger partial charge in [-0.1, -0.05) is 29.8 Å². The molecule has 0 N–H and O–H groups in total. The summed E-state index contributed by atoms with van der Waals surface area (Å²) in [5.74, 6) is 1.24. The molecule has 2 aliphatic rings. The zero-order valence-electron chi connectivity index (χ0n) is 18.3. The third-order valence-electron chi connectivity index (χ3n) is 6.08. The molecule has 3 aromatic carbocycles. The molecular formula is C25H23ClN2O5S. The molecule has 0 unspecified atom stereocenters. The molecule has 0 saturated carbocycles. The first-order chi connectivity index (χ1) is 16.4. The molecule has 176 valence electrons. The highest BCUT2D eigenvalue weighted by atomic mass is 35.5. The molecule has 0 atom stereocenters. The molecule has 2 heterocycles. The van der Waals surface area contributed by atoms with E-state index in [0.29, 0.717) is 42.5 Å². The lowest BCUT2D eigenvalue weighted by molar-refractivity contribution is 0.136. The molecule has 5 rings (SSSR count). The third-order valence-corrected chi connectivity index (χ3v) is 8.23. The Morgan fingerprint density at radius 3 is 2.29 bits per heavy atom. The van der Waals surface area contributed by atoms with Gasteiger partial charge >= 0.3 is 6.09 Å². The van der Waals surface area contributed by atoms with E-state index in [1.54, 1.807) is 41.3 Å². The van der Waals surface area contributed by atoms with Crippen molar-refractivity contribution in [2.45, 2.75) is 30.4 Å². The van der Waals surface area contributed by atoms with Crippen LogP contribution in [0.15, 0.2) is 77.7 Å². The van der Waals surface area contributed by atoms with Crippen LogP contribution in [-0.4, -0.2) is 37.9 Å². The average molecular weight is 499 g/mol. The van der Waals surface area contributed by atoms with Gasteiger partial charge in [0.1, 0.15) is 18.1 Å². The highest BCUT2D eigenvalue weighted by Crippen LogP contribution is 2.34. The number of anilines is 1. The quantitative estimate of drug-likeness (QED) is 0.468. The fraction of sp³-hybridized carbons (Fsp3) is 0.240. The normalized spacial score (nSPS) is 17.2. The topological polar surface area (TPSA) is 76.2 Å². The number of hydrogen-bond acceptors (Lipinski definition) is 5. The number of halogens is 1. The number of hydrogen-bond donors (Lipinski definition) is 0. The van der Waals surface area contributed by atoms with Gasteiger partial charge in [-0.15, -0.1) is 0 Å². The fourth-order valence-electron chi connectivity index (χ4n) is 4.35. The molecule has 0 spiro atoms.